The van der Waals surface area contributed by atoms with E-state index in [4.69, 9.17) is 4.74 Å². The Balaban J connectivity index is 2.91. The molecule has 0 aromatic heterocycles. The van der Waals surface area contributed by atoms with Crippen molar-refractivity contribution < 1.29 is 9.53 Å². The summed E-state index contributed by atoms with van der Waals surface area (Å²) in [5.41, 5.74) is 0.793. The SMILES string of the molecule is C/C=C1\CCOC(=O)C1(C)C. The number of hydrogen-bond donors (Lipinski definition) is 0. The van der Waals surface area contributed by atoms with Crippen molar-refractivity contribution in [1.29, 1.82) is 0 Å². The summed E-state index contributed by atoms with van der Waals surface area (Å²) in [5, 5.41) is 0. The van der Waals surface area contributed by atoms with E-state index in [1.165, 1.54) is 5.57 Å². The van der Waals surface area contributed by atoms with E-state index in [1.54, 1.807) is 0 Å². The third-order valence-electron chi connectivity index (χ3n) is 2.27. The molecule has 0 aliphatic carbocycles. The summed E-state index contributed by atoms with van der Waals surface area (Å²) >= 11 is 0. The minimum absolute atomic E-state index is 0.100. The van der Waals surface area contributed by atoms with Gasteiger partial charge in [0.15, 0.2) is 0 Å². The minimum Gasteiger partial charge on any atom is -0.465 e. The molecule has 0 atom stereocenters. The molecule has 0 spiro atoms. The first-order valence-electron chi connectivity index (χ1n) is 3.92. The summed E-state index contributed by atoms with van der Waals surface area (Å²) in [7, 11) is 0. The van der Waals surface area contributed by atoms with E-state index in [-0.39, 0.29) is 5.97 Å². The van der Waals surface area contributed by atoms with Gasteiger partial charge in [-0.2, -0.15) is 0 Å². The summed E-state index contributed by atoms with van der Waals surface area (Å²) in [4.78, 5) is 11.2. The van der Waals surface area contributed by atoms with Crippen LogP contribution in [-0.2, 0) is 9.53 Å². The second-order valence-electron chi connectivity index (χ2n) is 3.32. The van der Waals surface area contributed by atoms with Crippen LogP contribution in [0, 0.1) is 5.41 Å². The van der Waals surface area contributed by atoms with Crippen molar-refractivity contribution in [2.24, 2.45) is 5.41 Å². The summed E-state index contributed by atoms with van der Waals surface area (Å²) in [6.07, 6.45) is 2.90. The first-order valence-corrected chi connectivity index (χ1v) is 3.92. The van der Waals surface area contributed by atoms with E-state index in [2.05, 4.69) is 0 Å². The number of allylic oxidation sites excluding steroid dienone is 1. The maximum Gasteiger partial charge on any atom is 0.315 e. The van der Waals surface area contributed by atoms with Gasteiger partial charge in [0.2, 0.25) is 0 Å². The summed E-state index contributed by atoms with van der Waals surface area (Å²) in [5.74, 6) is -0.100. The standard InChI is InChI=1S/C9H14O2/c1-4-7-5-6-11-8(10)9(7,2)3/h4H,5-6H2,1-3H3/b7-4+. The first-order chi connectivity index (χ1) is 5.09. The van der Waals surface area contributed by atoms with Crippen LogP contribution in [0.1, 0.15) is 27.2 Å². The highest BCUT2D eigenvalue weighted by atomic mass is 16.5. The molecule has 1 aliphatic heterocycles. The third kappa shape index (κ3) is 1.30. The molecule has 1 fully saturated rings. The number of carbonyl (C=O) groups is 1. The van der Waals surface area contributed by atoms with Crippen molar-refractivity contribution in [3.05, 3.63) is 11.6 Å². The molecule has 1 heterocycles. The number of hydrogen-bond acceptors (Lipinski definition) is 2. The van der Waals surface area contributed by atoms with Crippen molar-refractivity contribution in [2.45, 2.75) is 27.2 Å². The fraction of sp³-hybridized carbons (Fsp3) is 0.667. The van der Waals surface area contributed by atoms with E-state index in [1.807, 2.05) is 26.8 Å². The Kier molecular flexibility index (Phi) is 2.03. The van der Waals surface area contributed by atoms with Gasteiger partial charge in [0.25, 0.3) is 0 Å². The molecule has 0 saturated carbocycles. The van der Waals surface area contributed by atoms with Crippen molar-refractivity contribution in [3.8, 4) is 0 Å². The van der Waals surface area contributed by atoms with Gasteiger partial charge in [0.1, 0.15) is 0 Å². The first kappa shape index (κ1) is 8.31. The van der Waals surface area contributed by atoms with Gasteiger partial charge >= 0.3 is 5.97 Å². The Labute approximate surface area is 67.2 Å². The Bertz CT molecular complexity index is 202. The maximum atomic E-state index is 11.2. The zero-order valence-corrected chi connectivity index (χ0v) is 7.31. The molecule has 1 saturated heterocycles. The molecule has 1 rings (SSSR count). The van der Waals surface area contributed by atoms with Crippen molar-refractivity contribution in [2.75, 3.05) is 6.61 Å². The van der Waals surface area contributed by atoms with E-state index in [9.17, 15) is 4.79 Å². The zero-order chi connectivity index (χ0) is 8.48. The molecule has 0 N–H and O–H groups in total. The van der Waals surface area contributed by atoms with Crippen molar-refractivity contribution in [3.63, 3.8) is 0 Å². The van der Waals surface area contributed by atoms with Crippen LogP contribution < -0.4 is 0 Å². The molecule has 2 heteroatoms. The van der Waals surface area contributed by atoms with Crippen LogP contribution in [0.25, 0.3) is 0 Å². The normalized spacial score (nSPS) is 26.8. The Morgan fingerprint density at radius 1 is 1.55 bits per heavy atom. The molecule has 62 valence electrons. The highest BCUT2D eigenvalue weighted by Crippen LogP contribution is 2.33. The van der Waals surface area contributed by atoms with E-state index in [0.717, 1.165) is 6.42 Å². The number of ether oxygens (including phenoxy) is 1. The zero-order valence-electron chi connectivity index (χ0n) is 7.31. The van der Waals surface area contributed by atoms with E-state index in [0.29, 0.717) is 6.61 Å². The van der Waals surface area contributed by atoms with E-state index >= 15 is 0 Å². The molecule has 0 aromatic carbocycles. The van der Waals surface area contributed by atoms with Gasteiger partial charge in [0, 0.05) is 6.42 Å². The van der Waals surface area contributed by atoms with Crippen LogP contribution in [-0.4, -0.2) is 12.6 Å². The van der Waals surface area contributed by atoms with E-state index < -0.39 is 5.41 Å². The summed E-state index contributed by atoms with van der Waals surface area (Å²) in [6.45, 7) is 6.32. The monoisotopic (exact) mass is 154 g/mol. The van der Waals surface area contributed by atoms with Gasteiger partial charge in [-0.15, -0.1) is 0 Å². The number of esters is 1. The highest BCUT2D eigenvalue weighted by molar-refractivity contribution is 5.80. The lowest BCUT2D eigenvalue weighted by atomic mass is 9.81. The predicted octanol–water partition coefficient (Wildman–Crippen LogP) is 1.91. The van der Waals surface area contributed by atoms with Gasteiger partial charge in [-0.25, -0.2) is 0 Å². The lowest BCUT2D eigenvalue weighted by Gasteiger charge is -2.30. The predicted molar refractivity (Wildman–Crippen MR) is 43.1 cm³/mol. The molecule has 11 heavy (non-hydrogen) atoms. The average molecular weight is 154 g/mol. The van der Waals surface area contributed by atoms with Crippen LogP contribution in [0.4, 0.5) is 0 Å². The third-order valence-corrected chi connectivity index (χ3v) is 2.27. The molecule has 0 bridgehead atoms. The molecule has 0 radical (unpaired) electrons. The number of rotatable bonds is 0. The quantitative estimate of drug-likeness (QED) is 0.393. The van der Waals surface area contributed by atoms with Gasteiger partial charge < -0.3 is 4.74 Å². The molecule has 0 aromatic rings. The average Bonchev–Trinajstić information content (AvgIpc) is 1.95. The molecular weight excluding hydrogens is 140 g/mol. The smallest absolute Gasteiger partial charge is 0.315 e. The van der Waals surface area contributed by atoms with Gasteiger partial charge in [-0.3, -0.25) is 4.79 Å². The van der Waals surface area contributed by atoms with Gasteiger partial charge in [0.05, 0.1) is 12.0 Å². The van der Waals surface area contributed by atoms with Crippen LogP contribution in [0.15, 0.2) is 11.6 Å². The van der Waals surface area contributed by atoms with Gasteiger partial charge in [-0.1, -0.05) is 11.6 Å². The van der Waals surface area contributed by atoms with Crippen LogP contribution in [0.3, 0.4) is 0 Å². The molecule has 0 unspecified atom stereocenters. The summed E-state index contributed by atoms with van der Waals surface area (Å²) in [6, 6.07) is 0. The lowest BCUT2D eigenvalue weighted by molar-refractivity contribution is -0.154. The van der Waals surface area contributed by atoms with Crippen molar-refractivity contribution >= 4 is 5.97 Å². The number of carbonyl (C=O) groups excluding carboxylic acids is 1. The highest BCUT2D eigenvalue weighted by Gasteiger charge is 2.36. The number of cyclic esters (lactones) is 1. The van der Waals surface area contributed by atoms with Crippen LogP contribution in [0.5, 0.6) is 0 Å². The molecule has 0 amide bonds. The summed E-state index contributed by atoms with van der Waals surface area (Å²) < 4.78 is 4.95. The second kappa shape index (κ2) is 2.68. The minimum atomic E-state index is -0.396. The Morgan fingerprint density at radius 3 is 2.64 bits per heavy atom. The Morgan fingerprint density at radius 2 is 2.18 bits per heavy atom. The lowest BCUT2D eigenvalue weighted by Crippen LogP contribution is -2.34. The molecule has 2 nitrogen and oxygen atoms in total. The maximum absolute atomic E-state index is 11.2. The topological polar surface area (TPSA) is 26.3 Å². The molecule has 1 aliphatic rings. The molecular formula is C9H14O2. The van der Waals surface area contributed by atoms with Crippen LogP contribution >= 0.6 is 0 Å². The fourth-order valence-corrected chi connectivity index (χ4v) is 1.38. The van der Waals surface area contributed by atoms with Crippen molar-refractivity contribution in [1.82, 2.24) is 0 Å². The Hall–Kier alpha value is -0.790. The van der Waals surface area contributed by atoms with Crippen LogP contribution in [0.2, 0.25) is 0 Å². The fourth-order valence-electron chi connectivity index (χ4n) is 1.38. The largest absolute Gasteiger partial charge is 0.465 e. The second-order valence-corrected chi connectivity index (χ2v) is 3.32. The van der Waals surface area contributed by atoms with Gasteiger partial charge in [-0.05, 0) is 20.8 Å².